The van der Waals surface area contributed by atoms with E-state index < -0.39 is 5.91 Å². The number of benzene rings is 3. The van der Waals surface area contributed by atoms with Gasteiger partial charge in [-0.1, -0.05) is 46.9 Å². The predicted molar refractivity (Wildman–Crippen MR) is 143 cm³/mol. The fraction of sp³-hybridized carbons (Fsp3) is 0.0741. The lowest BCUT2D eigenvalue weighted by molar-refractivity contribution is -0.112. The second-order valence-corrected chi connectivity index (χ2v) is 9.01. The number of carbonyl (C=O) groups is 1. The van der Waals surface area contributed by atoms with E-state index in [-0.39, 0.29) is 5.57 Å². The molecule has 0 aliphatic rings. The van der Waals surface area contributed by atoms with E-state index in [2.05, 4.69) is 5.32 Å². The highest BCUT2D eigenvalue weighted by atomic mass is 35.5. The van der Waals surface area contributed by atoms with E-state index in [1.165, 1.54) is 12.1 Å². The quantitative estimate of drug-likeness (QED) is 0.201. The monoisotopic (exact) mass is 536 g/mol. The molecule has 3 aromatic carbocycles. The summed E-state index contributed by atoms with van der Waals surface area (Å²) in [6, 6.07) is 21.5. The van der Waals surface area contributed by atoms with Crippen molar-refractivity contribution < 1.29 is 9.53 Å². The molecule has 0 aliphatic heterocycles. The Kier molecular flexibility index (Phi) is 7.97. The molecule has 1 amide bonds. The first-order chi connectivity index (χ1) is 17.4. The highest BCUT2D eigenvalue weighted by molar-refractivity contribution is 6.36. The van der Waals surface area contributed by atoms with Crippen LogP contribution in [0.15, 0.2) is 78.5 Å². The lowest BCUT2D eigenvalue weighted by Crippen LogP contribution is -2.13. The number of hydrogen-bond acceptors (Lipinski definition) is 4. The first-order valence-electron chi connectivity index (χ1n) is 10.7. The summed E-state index contributed by atoms with van der Waals surface area (Å²) < 4.78 is 7.00. The summed E-state index contributed by atoms with van der Waals surface area (Å²) in [5.74, 6) is 0.0831. The van der Waals surface area contributed by atoms with Gasteiger partial charge >= 0.3 is 0 Å². The van der Waals surface area contributed by atoms with E-state index in [9.17, 15) is 10.1 Å². The molecule has 0 saturated heterocycles. The van der Waals surface area contributed by atoms with Crippen molar-refractivity contribution in [3.8, 4) is 23.1 Å². The highest BCUT2D eigenvalue weighted by Crippen LogP contribution is 2.28. The number of carbonyl (C=O) groups excluding carboxylic acids is 1. The smallest absolute Gasteiger partial charge is 0.266 e. The van der Waals surface area contributed by atoms with E-state index >= 15 is 0 Å². The fourth-order valence-electron chi connectivity index (χ4n) is 3.46. The molecule has 0 bridgehead atoms. The minimum atomic E-state index is -0.618. The number of nitrogens with zero attached hydrogens (tertiary/aromatic N) is 3. The maximum atomic E-state index is 12.9. The molecule has 0 saturated carbocycles. The van der Waals surface area contributed by atoms with Crippen LogP contribution in [0.2, 0.25) is 15.1 Å². The van der Waals surface area contributed by atoms with Gasteiger partial charge in [-0.15, -0.1) is 0 Å². The number of ether oxygens (including phenoxy) is 1. The third-order valence-electron chi connectivity index (χ3n) is 5.25. The van der Waals surface area contributed by atoms with Crippen LogP contribution in [0.5, 0.6) is 5.75 Å². The number of rotatable bonds is 7. The molecule has 0 atom stereocenters. The van der Waals surface area contributed by atoms with Crippen LogP contribution in [0.25, 0.3) is 17.3 Å². The topological polar surface area (TPSA) is 79.9 Å². The third kappa shape index (κ3) is 6.07. The van der Waals surface area contributed by atoms with Crippen molar-refractivity contribution in [2.45, 2.75) is 6.54 Å². The Morgan fingerprint density at radius 3 is 2.42 bits per heavy atom. The van der Waals surface area contributed by atoms with Crippen molar-refractivity contribution in [2.75, 3.05) is 12.4 Å². The molecule has 36 heavy (non-hydrogen) atoms. The van der Waals surface area contributed by atoms with Crippen LogP contribution < -0.4 is 10.1 Å². The van der Waals surface area contributed by atoms with Crippen LogP contribution in [0.3, 0.4) is 0 Å². The molecule has 6 nitrogen and oxygen atoms in total. The summed E-state index contributed by atoms with van der Waals surface area (Å²) in [5, 5.41) is 18.5. The average Bonchev–Trinajstić information content (AvgIpc) is 3.28. The van der Waals surface area contributed by atoms with Crippen molar-refractivity contribution in [2.24, 2.45) is 0 Å². The van der Waals surface area contributed by atoms with E-state index in [4.69, 9.17) is 44.6 Å². The largest absolute Gasteiger partial charge is 0.497 e. The highest BCUT2D eigenvalue weighted by Gasteiger charge is 2.16. The van der Waals surface area contributed by atoms with Crippen molar-refractivity contribution in [3.05, 3.63) is 105 Å². The number of nitriles is 1. The Morgan fingerprint density at radius 2 is 1.75 bits per heavy atom. The SMILES string of the molecule is COc1ccc(-c2nn(Cc3ccc(Cl)cc3)cc2/C=C(\C#N)C(=O)Nc2cc(Cl)ccc2Cl)cc1. The molecule has 0 radical (unpaired) electrons. The minimum absolute atomic E-state index is 0.119. The molecule has 1 N–H and O–H groups in total. The summed E-state index contributed by atoms with van der Waals surface area (Å²) in [6.45, 7) is 0.473. The van der Waals surface area contributed by atoms with Gasteiger partial charge in [0.05, 0.1) is 30.1 Å². The van der Waals surface area contributed by atoms with Gasteiger partial charge in [-0.3, -0.25) is 9.48 Å². The normalized spacial score (nSPS) is 11.1. The Balaban J connectivity index is 1.71. The van der Waals surface area contributed by atoms with Crippen LogP contribution >= 0.6 is 34.8 Å². The molecule has 0 unspecified atom stereocenters. The zero-order chi connectivity index (χ0) is 25.7. The zero-order valence-electron chi connectivity index (χ0n) is 19.0. The molecular weight excluding hydrogens is 519 g/mol. The van der Waals surface area contributed by atoms with E-state index in [0.717, 1.165) is 11.1 Å². The first kappa shape index (κ1) is 25.3. The minimum Gasteiger partial charge on any atom is -0.497 e. The number of anilines is 1. The summed E-state index contributed by atoms with van der Waals surface area (Å²) in [5.41, 5.74) is 3.18. The number of methoxy groups -OCH3 is 1. The number of halogens is 3. The lowest BCUT2D eigenvalue weighted by atomic mass is 10.1. The van der Waals surface area contributed by atoms with Crippen LogP contribution in [-0.4, -0.2) is 22.8 Å². The standard InChI is InChI=1S/C27H19Cl3N4O2/c1-36-23-9-4-18(5-10-23)26-20(16-34(33-26)15-17-2-6-21(28)7-3-17)12-19(14-31)27(35)32-25-13-22(29)8-11-24(25)30/h2-13,16H,15H2,1H3,(H,32,35)/b19-12+. The Labute approximate surface area is 223 Å². The molecule has 9 heteroatoms. The molecule has 0 aliphatic carbocycles. The van der Waals surface area contributed by atoms with E-state index in [0.29, 0.717) is 44.3 Å². The summed E-state index contributed by atoms with van der Waals surface area (Å²) in [4.78, 5) is 12.9. The Bertz CT molecular complexity index is 1470. The number of nitrogens with one attached hydrogen (secondary N) is 1. The second kappa shape index (κ2) is 11.3. The van der Waals surface area contributed by atoms with Gasteiger partial charge in [-0.2, -0.15) is 10.4 Å². The first-order valence-corrected chi connectivity index (χ1v) is 11.8. The van der Waals surface area contributed by atoms with Crippen molar-refractivity contribution in [3.63, 3.8) is 0 Å². The van der Waals surface area contributed by atoms with Crippen LogP contribution in [0.1, 0.15) is 11.1 Å². The van der Waals surface area contributed by atoms with Crippen molar-refractivity contribution in [1.82, 2.24) is 9.78 Å². The number of aromatic nitrogens is 2. The van der Waals surface area contributed by atoms with Crippen LogP contribution in [0, 0.1) is 11.3 Å². The van der Waals surface area contributed by atoms with Crippen LogP contribution in [-0.2, 0) is 11.3 Å². The lowest BCUT2D eigenvalue weighted by Gasteiger charge is -2.07. The number of amides is 1. The summed E-state index contributed by atoms with van der Waals surface area (Å²) >= 11 is 18.2. The molecule has 0 spiro atoms. The van der Waals surface area contributed by atoms with Gasteiger partial charge in [-0.05, 0) is 66.2 Å². The van der Waals surface area contributed by atoms with E-state index in [1.54, 1.807) is 30.1 Å². The van der Waals surface area contributed by atoms with Gasteiger partial charge in [0.15, 0.2) is 0 Å². The van der Waals surface area contributed by atoms with Crippen molar-refractivity contribution >= 4 is 52.5 Å². The van der Waals surface area contributed by atoms with Crippen molar-refractivity contribution in [1.29, 1.82) is 5.26 Å². The summed E-state index contributed by atoms with van der Waals surface area (Å²) in [7, 11) is 1.59. The maximum absolute atomic E-state index is 12.9. The molecule has 0 fully saturated rings. The Morgan fingerprint density at radius 1 is 1.06 bits per heavy atom. The molecule has 180 valence electrons. The maximum Gasteiger partial charge on any atom is 0.266 e. The number of hydrogen-bond donors (Lipinski definition) is 1. The van der Waals surface area contributed by atoms with Gasteiger partial charge in [0.1, 0.15) is 17.4 Å². The molecular formula is C27H19Cl3N4O2. The molecule has 4 rings (SSSR count). The fourth-order valence-corrected chi connectivity index (χ4v) is 3.92. The van der Waals surface area contributed by atoms with Crippen LogP contribution in [0.4, 0.5) is 5.69 Å². The van der Waals surface area contributed by atoms with Gasteiger partial charge in [0.25, 0.3) is 5.91 Å². The summed E-state index contributed by atoms with van der Waals surface area (Å²) in [6.07, 6.45) is 3.28. The molecule has 1 aromatic heterocycles. The average molecular weight is 538 g/mol. The van der Waals surface area contributed by atoms with Gasteiger partial charge < -0.3 is 10.1 Å². The zero-order valence-corrected chi connectivity index (χ0v) is 21.3. The molecule has 1 heterocycles. The molecule has 4 aromatic rings. The van der Waals surface area contributed by atoms with Gasteiger partial charge in [-0.25, -0.2) is 0 Å². The van der Waals surface area contributed by atoms with Gasteiger partial charge in [0.2, 0.25) is 0 Å². The third-order valence-corrected chi connectivity index (χ3v) is 6.07. The Hall–Kier alpha value is -3.76. The predicted octanol–water partition coefficient (Wildman–Crippen LogP) is 7.11. The van der Waals surface area contributed by atoms with E-state index in [1.807, 2.05) is 54.6 Å². The van der Waals surface area contributed by atoms with Gasteiger partial charge in [0, 0.05) is 27.4 Å². The second-order valence-electron chi connectivity index (χ2n) is 7.73.